The Hall–Kier alpha value is 0.400. The van der Waals surface area contributed by atoms with E-state index in [-0.39, 0.29) is 0 Å². The van der Waals surface area contributed by atoms with E-state index in [4.69, 9.17) is 0 Å². The third-order valence-electron chi connectivity index (χ3n) is 1.66. The van der Waals surface area contributed by atoms with Gasteiger partial charge in [0, 0.05) is 35.8 Å². The second-order valence-corrected chi connectivity index (χ2v) is 3.57. The van der Waals surface area contributed by atoms with E-state index in [1.807, 2.05) is 0 Å². The van der Waals surface area contributed by atoms with Crippen LogP contribution >= 0.6 is 16.1 Å². The molecule has 2 nitrogen and oxygen atoms in total. The summed E-state index contributed by atoms with van der Waals surface area (Å²) in [5, 5.41) is 0. The van der Waals surface area contributed by atoms with Gasteiger partial charge in [0.05, 0.1) is 0 Å². The SMILES string of the molecule is CN1CCCN(Br)CC1. The van der Waals surface area contributed by atoms with Crippen LogP contribution in [0.2, 0.25) is 0 Å². The van der Waals surface area contributed by atoms with Crippen molar-refractivity contribution in [1.82, 2.24) is 8.83 Å². The molecule has 0 aromatic rings. The number of hydrogen-bond donors (Lipinski definition) is 0. The van der Waals surface area contributed by atoms with Crippen molar-refractivity contribution in [2.24, 2.45) is 0 Å². The fourth-order valence-corrected chi connectivity index (χ4v) is 1.42. The summed E-state index contributed by atoms with van der Waals surface area (Å²) in [5.74, 6) is 0. The second-order valence-electron chi connectivity index (χ2n) is 2.57. The summed E-state index contributed by atoms with van der Waals surface area (Å²) in [5.41, 5.74) is 0. The molecule has 1 aliphatic rings. The molecule has 0 atom stereocenters. The van der Waals surface area contributed by atoms with E-state index in [0.717, 1.165) is 6.54 Å². The first kappa shape index (κ1) is 7.51. The number of halogens is 1. The largest absolute Gasteiger partial charge is 0.305 e. The van der Waals surface area contributed by atoms with E-state index in [1.54, 1.807) is 0 Å². The van der Waals surface area contributed by atoms with Gasteiger partial charge < -0.3 is 4.90 Å². The maximum atomic E-state index is 3.47. The van der Waals surface area contributed by atoms with Gasteiger partial charge in [-0.25, -0.2) is 3.93 Å². The predicted octanol–water partition coefficient (Wildman–Crippen LogP) is 0.934. The third kappa shape index (κ3) is 2.65. The number of likely N-dealkylation sites (N-methyl/N-ethyl adjacent to an activating group) is 1. The maximum absolute atomic E-state index is 3.47. The Bertz CT molecular complexity index is 77.1. The zero-order valence-corrected chi connectivity index (χ0v) is 7.39. The molecule has 0 bridgehead atoms. The van der Waals surface area contributed by atoms with Crippen molar-refractivity contribution in [1.29, 1.82) is 0 Å². The van der Waals surface area contributed by atoms with Gasteiger partial charge in [-0.3, -0.25) is 0 Å². The van der Waals surface area contributed by atoms with E-state index < -0.39 is 0 Å². The molecule has 1 saturated heterocycles. The summed E-state index contributed by atoms with van der Waals surface area (Å²) < 4.78 is 2.20. The predicted molar refractivity (Wildman–Crippen MR) is 42.6 cm³/mol. The fourth-order valence-electron chi connectivity index (χ4n) is 1.02. The molecule has 0 amide bonds. The molecule has 0 unspecified atom stereocenters. The van der Waals surface area contributed by atoms with Crippen molar-refractivity contribution in [3.63, 3.8) is 0 Å². The summed E-state index contributed by atoms with van der Waals surface area (Å²) in [6, 6.07) is 0. The van der Waals surface area contributed by atoms with E-state index in [9.17, 15) is 0 Å². The van der Waals surface area contributed by atoms with Crippen molar-refractivity contribution in [2.45, 2.75) is 6.42 Å². The van der Waals surface area contributed by atoms with E-state index in [2.05, 4.69) is 32.0 Å². The van der Waals surface area contributed by atoms with E-state index in [0.29, 0.717) is 0 Å². The summed E-state index contributed by atoms with van der Waals surface area (Å²) in [4.78, 5) is 2.36. The maximum Gasteiger partial charge on any atom is 0.0220 e. The van der Waals surface area contributed by atoms with Crippen LogP contribution in [0.4, 0.5) is 0 Å². The van der Waals surface area contributed by atoms with Crippen molar-refractivity contribution >= 4 is 16.1 Å². The second kappa shape index (κ2) is 3.54. The molecule has 1 fully saturated rings. The molecule has 1 rings (SSSR count). The monoisotopic (exact) mass is 192 g/mol. The van der Waals surface area contributed by atoms with Crippen molar-refractivity contribution in [3.8, 4) is 0 Å². The van der Waals surface area contributed by atoms with Crippen LogP contribution in [0, 0.1) is 0 Å². The molecular weight excluding hydrogens is 180 g/mol. The third-order valence-corrected chi connectivity index (χ3v) is 2.37. The zero-order chi connectivity index (χ0) is 6.69. The number of rotatable bonds is 0. The molecule has 1 aliphatic heterocycles. The van der Waals surface area contributed by atoms with Crippen molar-refractivity contribution in [3.05, 3.63) is 0 Å². The molecule has 3 heteroatoms. The highest BCUT2D eigenvalue weighted by Gasteiger charge is 2.07. The van der Waals surface area contributed by atoms with Crippen molar-refractivity contribution < 1.29 is 0 Å². The van der Waals surface area contributed by atoms with E-state index >= 15 is 0 Å². The molecule has 0 radical (unpaired) electrons. The fraction of sp³-hybridized carbons (Fsp3) is 1.00. The molecule has 0 aliphatic carbocycles. The van der Waals surface area contributed by atoms with Crippen molar-refractivity contribution in [2.75, 3.05) is 33.2 Å². The van der Waals surface area contributed by atoms with Crippen LogP contribution in [0.3, 0.4) is 0 Å². The van der Waals surface area contributed by atoms with Gasteiger partial charge in [0.1, 0.15) is 0 Å². The quantitative estimate of drug-likeness (QED) is 0.528. The van der Waals surface area contributed by atoms with Crippen LogP contribution in [-0.4, -0.2) is 42.1 Å². The van der Waals surface area contributed by atoms with Gasteiger partial charge in [0.15, 0.2) is 0 Å². The smallest absolute Gasteiger partial charge is 0.0220 e. The highest BCUT2D eigenvalue weighted by atomic mass is 79.9. The Morgan fingerprint density at radius 2 is 1.89 bits per heavy atom. The van der Waals surface area contributed by atoms with Crippen LogP contribution in [0.5, 0.6) is 0 Å². The van der Waals surface area contributed by atoms with Gasteiger partial charge in [-0.2, -0.15) is 0 Å². The van der Waals surface area contributed by atoms with Crippen LogP contribution in [0.1, 0.15) is 6.42 Å². The lowest BCUT2D eigenvalue weighted by molar-refractivity contribution is 0.353. The first-order valence-corrected chi connectivity index (χ1v) is 4.09. The first-order valence-electron chi connectivity index (χ1n) is 3.38. The lowest BCUT2D eigenvalue weighted by atomic mass is 10.4. The van der Waals surface area contributed by atoms with Gasteiger partial charge in [-0.1, -0.05) is 0 Å². The average Bonchev–Trinajstić information content (AvgIpc) is 1.97. The van der Waals surface area contributed by atoms with Gasteiger partial charge in [-0.15, -0.1) is 0 Å². The Kier molecular flexibility index (Phi) is 2.95. The zero-order valence-electron chi connectivity index (χ0n) is 5.81. The van der Waals surface area contributed by atoms with Crippen LogP contribution in [0.25, 0.3) is 0 Å². The van der Waals surface area contributed by atoms with Gasteiger partial charge >= 0.3 is 0 Å². The highest BCUT2D eigenvalue weighted by Crippen LogP contribution is 2.04. The van der Waals surface area contributed by atoms with E-state index in [1.165, 1.54) is 26.1 Å². The Morgan fingerprint density at radius 3 is 2.67 bits per heavy atom. The minimum atomic E-state index is 1.15. The average molecular weight is 193 g/mol. The Labute approximate surface area is 65.2 Å². The lowest BCUT2D eigenvalue weighted by Crippen LogP contribution is -2.22. The molecular formula is C6H13BrN2. The minimum Gasteiger partial charge on any atom is -0.305 e. The van der Waals surface area contributed by atoms with Crippen LogP contribution in [-0.2, 0) is 0 Å². The van der Waals surface area contributed by atoms with Gasteiger partial charge in [0.25, 0.3) is 0 Å². The molecule has 9 heavy (non-hydrogen) atoms. The molecule has 0 spiro atoms. The Balaban J connectivity index is 2.25. The normalized spacial score (nSPS) is 26.0. The topological polar surface area (TPSA) is 6.48 Å². The minimum absolute atomic E-state index is 1.15. The van der Waals surface area contributed by atoms with Crippen LogP contribution in [0.15, 0.2) is 0 Å². The summed E-state index contributed by atoms with van der Waals surface area (Å²) >= 11 is 3.47. The first-order chi connectivity index (χ1) is 4.29. The summed E-state index contributed by atoms with van der Waals surface area (Å²) in [7, 11) is 2.17. The lowest BCUT2D eigenvalue weighted by Gasteiger charge is -2.11. The highest BCUT2D eigenvalue weighted by molar-refractivity contribution is 9.07. The standard InChI is InChI=1S/C6H13BrN2/c1-8-3-2-4-9(7)6-5-8/h2-6H2,1H3. The van der Waals surface area contributed by atoms with Crippen LogP contribution < -0.4 is 0 Å². The number of nitrogens with zero attached hydrogens (tertiary/aromatic N) is 2. The molecule has 54 valence electrons. The summed E-state index contributed by atoms with van der Waals surface area (Å²) in [6.07, 6.45) is 1.28. The molecule has 0 aromatic heterocycles. The number of hydrogen-bond acceptors (Lipinski definition) is 2. The van der Waals surface area contributed by atoms with Gasteiger partial charge in [-0.05, 0) is 20.0 Å². The molecule has 1 heterocycles. The molecule has 0 aromatic carbocycles. The summed E-state index contributed by atoms with van der Waals surface area (Å²) in [6.45, 7) is 4.76. The Morgan fingerprint density at radius 1 is 1.11 bits per heavy atom. The molecule has 0 saturated carbocycles. The molecule has 0 N–H and O–H groups in total. The van der Waals surface area contributed by atoms with Gasteiger partial charge in [0.2, 0.25) is 0 Å².